The Morgan fingerprint density at radius 3 is 2.50 bits per heavy atom. The van der Waals surface area contributed by atoms with Gasteiger partial charge in [0.2, 0.25) is 5.91 Å². The van der Waals surface area contributed by atoms with Gasteiger partial charge in [-0.1, -0.05) is 30.2 Å². The summed E-state index contributed by atoms with van der Waals surface area (Å²) in [6, 6.07) is 8.59. The van der Waals surface area contributed by atoms with E-state index < -0.39 is 0 Å². The van der Waals surface area contributed by atoms with Gasteiger partial charge in [0.25, 0.3) is 0 Å². The lowest BCUT2D eigenvalue weighted by atomic mass is 9.98. The SMILES string of the molecule is N[C@@H]1CCC[C@H]1CC(=O)NC1CCN(Cc2ccc(Cl)cc2)CC1. The molecule has 0 bridgehead atoms. The summed E-state index contributed by atoms with van der Waals surface area (Å²) in [6.45, 7) is 3.00. The van der Waals surface area contributed by atoms with Crippen LogP contribution in [0.4, 0.5) is 0 Å². The lowest BCUT2D eigenvalue weighted by molar-refractivity contribution is -0.123. The standard InChI is InChI=1S/C19H28ClN3O/c20-16-6-4-14(5-7-16)13-23-10-8-17(9-11-23)22-19(24)12-15-2-1-3-18(15)21/h4-7,15,17-18H,1-3,8-13,21H2,(H,22,24)/t15-,18+/m0/s1. The summed E-state index contributed by atoms with van der Waals surface area (Å²) in [4.78, 5) is 14.7. The molecule has 1 heterocycles. The van der Waals surface area contributed by atoms with Crippen LogP contribution in [0.2, 0.25) is 5.02 Å². The van der Waals surface area contributed by atoms with Crippen molar-refractivity contribution in [1.82, 2.24) is 10.2 Å². The number of amides is 1. The molecule has 2 atom stereocenters. The summed E-state index contributed by atoms with van der Waals surface area (Å²) < 4.78 is 0. The van der Waals surface area contributed by atoms with Crippen LogP contribution in [0.15, 0.2) is 24.3 Å². The topological polar surface area (TPSA) is 58.4 Å². The van der Waals surface area contributed by atoms with Crippen molar-refractivity contribution >= 4 is 17.5 Å². The van der Waals surface area contributed by atoms with E-state index in [0.29, 0.717) is 18.4 Å². The van der Waals surface area contributed by atoms with E-state index in [0.717, 1.165) is 50.3 Å². The Balaban J connectivity index is 1.38. The van der Waals surface area contributed by atoms with Crippen LogP contribution in [0.1, 0.15) is 44.1 Å². The molecule has 24 heavy (non-hydrogen) atoms. The molecule has 1 aliphatic carbocycles. The van der Waals surface area contributed by atoms with E-state index in [2.05, 4.69) is 22.3 Å². The van der Waals surface area contributed by atoms with E-state index in [1.54, 1.807) is 0 Å². The van der Waals surface area contributed by atoms with Gasteiger partial charge < -0.3 is 11.1 Å². The zero-order valence-corrected chi connectivity index (χ0v) is 15.0. The van der Waals surface area contributed by atoms with Gasteiger partial charge in [-0.05, 0) is 49.3 Å². The van der Waals surface area contributed by atoms with Crippen molar-refractivity contribution in [1.29, 1.82) is 0 Å². The first kappa shape index (κ1) is 17.7. The molecule has 1 saturated carbocycles. The molecule has 0 unspecified atom stereocenters. The third kappa shape index (κ3) is 4.95. The van der Waals surface area contributed by atoms with Crippen LogP contribution >= 0.6 is 11.6 Å². The van der Waals surface area contributed by atoms with Crippen LogP contribution < -0.4 is 11.1 Å². The van der Waals surface area contributed by atoms with E-state index in [1.165, 1.54) is 12.0 Å². The van der Waals surface area contributed by atoms with Gasteiger partial charge in [0.15, 0.2) is 0 Å². The van der Waals surface area contributed by atoms with Crippen molar-refractivity contribution < 1.29 is 4.79 Å². The normalized spacial score (nSPS) is 25.8. The van der Waals surface area contributed by atoms with Crippen molar-refractivity contribution in [3.63, 3.8) is 0 Å². The van der Waals surface area contributed by atoms with Crippen molar-refractivity contribution in [2.24, 2.45) is 11.7 Å². The molecule has 1 amide bonds. The second-order valence-corrected chi connectivity index (χ2v) is 7.74. The maximum absolute atomic E-state index is 12.2. The Morgan fingerprint density at radius 2 is 1.88 bits per heavy atom. The fourth-order valence-electron chi connectivity index (χ4n) is 3.93. The third-order valence-electron chi connectivity index (χ3n) is 5.44. The number of hydrogen-bond donors (Lipinski definition) is 2. The summed E-state index contributed by atoms with van der Waals surface area (Å²) in [5, 5.41) is 4.00. The van der Waals surface area contributed by atoms with Crippen molar-refractivity contribution in [3.05, 3.63) is 34.9 Å². The monoisotopic (exact) mass is 349 g/mol. The lowest BCUT2D eigenvalue weighted by Crippen LogP contribution is -2.45. The first-order valence-electron chi connectivity index (χ1n) is 9.12. The molecule has 132 valence electrons. The van der Waals surface area contributed by atoms with Gasteiger partial charge in [0.1, 0.15) is 0 Å². The molecule has 0 radical (unpaired) electrons. The molecule has 2 fully saturated rings. The Morgan fingerprint density at radius 1 is 1.17 bits per heavy atom. The number of piperidine rings is 1. The van der Waals surface area contributed by atoms with E-state index in [9.17, 15) is 4.79 Å². The number of likely N-dealkylation sites (tertiary alicyclic amines) is 1. The highest BCUT2D eigenvalue weighted by atomic mass is 35.5. The highest BCUT2D eigenvalue weighted by Gasteiger charge is 2.27. The Bertz CT molecular complexity index is 540. The number of carbonyl (C=O) groups excluding carboxylic acids is 1. The summed E-state index contributed by atoms with van der Waals surface area (Å²) >= 11 is 5.93. The minimum Gasteiger partial charge on any atom is -0.353 e. The molecule has 4 nitrogen and oxygen atoms in total. The molecule has 1 aromatic carbocycles. The fraction of sp³-hybridized carbons (Fsp3) is 0.632. The van der Waals surface area contributed by atoms with Crippen LogP contribution in [0.5, 0.6) is 0 Å². The van der Waals surface area contributed by atoms with E-state index in [-0.39, 0.29) is 11.9 Å². The maximum Gasteiger partial charge on any atom is 0.220 e. The summed E-state index contributed by atoms with van der Waals surface area (Å²) in [5.41, 5.74) is 7.36. The van der Waals surface area contributed by atoms with E-state index in [4.69, 9.17) is 17.3 Å². The molecule has 2 aliphatic rings. The number of nitrogens with one attached hydrogen (secondary N) is 1. The summed E-state index contributed by atoms with van der Waals surface area (Å²) in [5.74, 6) is 0.573. The molecular weight excluding hydrogens is 322 g/mol. The number of benzene rings is 1. The fourth-order valence-corrected chi connectivity index (χ4v) is 4.05. The summed E-state index contributed by atoms with van der Waals surface area (Å²) in [6.07, 6.45) is 6.00. The van der Waals surface area contributed by atoms with E-state index >= 15 is 0 Å². The van der Waals surface area contributed by atoms with Crippen LogP contribution in [-0.4, -0.2) is 36.0 Å². The number of hydrogen-bond acceptors (Lipinski definition) is 3. The predicted octanol–water partition coefficient (Wildman–Crippen LogP) is 2.94. The van der Waals surface area contributed by atoms with Gasteiger partial charge in [-0.3, -0.25) is 9.69 Å². The molecule has 5 heteroatoms. The lowest BCUT2D eigenvalue weighted by Gasteiger charge is -2.32. The zero-order chi connectivity index (χ0) is 16.9. The second kappa shape index (κ2) is 8.32. The van der Waals surface area contributed by atoms with Crippen LogP contribution in [0.25, 0.3) is 0 Å². The number of nitrogens with zero attached hydrogens (tertiary/aromatic N) is 1. The molecule has 3 N–H and O–H groups in total. The number of halogens is 1. The van der Waals surface area contributed by atoms with Gasteiger partial charge in [-0.15, -0.1) is 0 Å². The maximum atomic E-state index is 12.2. The molecular formula is C19H28ClN3O. The number of carbonyl (C=O) groups is 1. The van der Waals surface area contributed by atoms with E-state index in [1.807, 2.05) is 12.1 Å². The van der Waals surface area contributed by atoms with Gasteiger partial charge in [-0.25, -0.2) is 0 Å². The van der Waals surface area contributed by atoms with Gasteiger partial charge in [-0.2, -0.15) is 0 Å². The Kier molecular flexibility index (Phi) is 6.14. The first-order valence-corrected chi connectivity index (χ1v) is 9.49. The predicted molar refractivity (Wildman–Crippen MR) is 97.8 cm³/mol. The average molecular weight is 350 g/mol. The molecule has 1 saturated heterocycles. The zero-order valence-electron chi connectivity index (χ0n) is 14.2. The molecule has 3 rings (SSSR count). The van der Waals surface area contributed by atoms with Crippen molar-refractivity contribution in [2.45, 2.75) is 57.2 Å². The Labute approximate surface area is 149 Å². The minimum atomic E-state index is 0.188. The molecule has 0 aromatic heterocycles. The molecule has 1 aliphatic heterocycles. The summed E-state index contributed by atoms with van der Waals surface area (Å²) in [7, 11) is 0. The quantitative estimate of drug-likeness (QED) is 0.859. The third-order valence-corrected chi connectivity index (χ3v) is 5.69. The second-order valence-electron chi connectivity index (χ2n) is 7.30. The highest BCUT2D eigenvalue weighted by Crippen LogP contribution is 2.26. The molecule has 0 spiro atoms. The van der Waals surface area contributed by atoms with Crippen molar-refractivity contribution in [2.75, 3.05) is 13.1 Å². The number of nitrogens with two attached hydrogens (primary N) is 1. The highest BCUT2D eigenvalue weighted by molar-refractivity contribution is 6.30. The average Bonchev–Trinajstić information content (AvgIpc) is 2.96. The largest absolute Gasteiger partial charge is 0.353 e. The van der Waals surface area contributed by atoms with Gasteiger partial charge in [0.05, 0.1) is 0 Å². The van der Waals surface area contributed by atoms with Gasteiger partial charge in [0, 0.05) is 43.2 Å². The van der Waals surface area contributed by atoms with Crippen molar-refractivity contribution in [3.8, 4) is 0 Å². The van der Waals surface area contributed by atoms with Crippen LogP contribution in [0.3, 0.4) is 0 Å². The van der Waals surface area contributed by atoms with Crippen LogP contribution in [0, 0.1) is 5.92 Å². The number of rotatable bonds is 5. The smallest absolute Gasteiger partial charge is 0.220 e. The first-order chi connectivity index (χ1) is 11.6. The molecule has 1 aromatic rings. The minimum absolute atomic E-state index is 0.188. The van der Waals surface area contributed by atoms with Crippen LogP contribution in [-0.2, 0) is 11.3 Å². The Hall–Kier alpha value is -1.10. The van der Waals surface area contributed by atoms with Gasteiger partial charge >= 0.3 is 0 Å².